The number of hydrogen-bond donors (Lipinski definition) is 1. The van der Waals surface area contributed by atoms with E-state index in [1.807, 2.05) is 0 Å². The average molecular weight is 473 g/mol. The minimum absolute atomic E-state index is 0.0585. The molecule has 172 valence electrons. The second-order valence-electron chi connectivity index (χ2n) is 6.66. The first-order valence-corrected chi connectivity index (χ1v) is 10.9. The number of fused-ring (bicyclic) bond motifs is 1. The molecule has 1 N–H and O–H groups in total. The van der Waals surface area contributed by atoms with Crippen LogP contribution in [0, 0.1) is 0 Å². The Morgan fingerprint density at radius 3 is 2.47 bits per heavy atom. The molecule has 0 aliphatic carbocycles. The van der Waals surface area contributed by atoms with Gasteiger partial charge in [-0.15, -0.1) is 0 Å². The second-order valence-corrected chi connectivity index (χ2v) is 8.77. The highest BCUT2D eigenvalue weighted by atomic mass is 32.2. The highest BCUT2D eigenvalue weighted by molar-refractivity contribution is 7.91. The summed E-state index contributed by atoms with van der Waals surface area (Å²) in [6.45, 7) is -0.142. The summed E-state index contributed by atoms with van der Waals surface area (Å²) >= 11 is 0. The standard InChI is InChI=1S/C20H18F3NO7S/c21-20(22,23)13-2-1-3-14(10-13)24-18(25)12-31-19(26)6-9-32(27,28)15-4-5-16-17(11-15)30-8-7-29-16/h1-5,10-11H,6-9,12H2,(H,24,25). The van der Waals surface area contributed by atoms with Gasteiger partial charge in [0.25, 0.3) is 5.91 Å². The number of halogens is 3. The molecule has 0 saturated carbocycles. The van der Waals surface area contributed by atoms with Gasteiger partial charge in [-0.25, -0.2) is 8.42 Å². The van der Waals surface area contributed by atoms with Gasteiger partial charge in [0.2, 0.25) is 0 Å². The van der Waals surface area contributed by atoms with Crippen molar-refractivity contribution >= 4 is 27.4 Å². The lowest BCUT2D eigenvalue weighted by Gasteiger charge is -2.18. The molecular weight excluding hydrogens is 455 g/mol. The smallest absolute Gasteiger partial charge is 0.416 e. The van der Waals surface area contributed by atoms with E-state index in [0.717, 1.165) is 18.2 Å². The first-order valence-electron chi connectivity index (χ1n) is 9.30. The van der Waals surface area contributed by atoms with Gasteiger partial charge in [-0.1, -0.05) is 6.07 Å². The van der Waals surface area contributed by atoms with E-state index in [0.29, 0.717) is 12.4 Å². The number of nitrogens with one attached hydrogen (secondary N) is 1. The quantitative estimate of drug-likeness (QED) is 0.616. The van der Waals surface area contributed by atoms with Crippen molar-refractivity contribution in [1.29, 1.82) is 0 Å². The van der Waals surface area contributed by atoms with E-state index in [4.69, 9.17) is 14.2 Å². The SMILES string of the molecule is O=C(COC(=O)CCS(=O)(=O)c1ccc2c(c1)OCCO2)Nc1cccc(C(F)(F)F)c1. The zero-order valence-corrected chi connectivity index (χ0v) is 17.3. The second kappa shape index (κ2) is 9.47. The van der Waals surface area contributed by atoms with E-state index in [-0.39, 0.29) is 22.9 Å². The third-order valence-corrected chi connectivity index (χ3v) is 6.00. The largest absolute Gasteiger partial charge is 0.486 e. The highest BCUT2D eigenvalue weighted by Crippen LogP contribution is 2.33. The number of sulfone groups is 1. The zero-order valence-electron chi connectivity index (χ0n) is 16.5. The number of esters is 1. The predicted molar refractivity (Wildman–Crippen MR) is 105 cm³/mol. The van der Waals surface area contributed by atoms with Crippen molar-refractivity contribution in [3.8, 4) is 11.5 Å². The number of ether oxygens (including phenoxy) is 3. The van der Waals surface area contributed by atoms with Crippen LogP contribution in [0.3, 0.4) is 0 Å². The van der Waals surface area contributed by atoms with Crippen molar-refractivity contribution in [2.75, 3.05) is 30.9 Å². The lowest BCUT2D eigenvalue weighted by atomic mass is 10.2. The molecule has 32 heavy (non-hydrogen) atoms. The number of hydrogen-bond acceptors (Lipinski definition) is 7. The third-order valence-electron chi connectivity index (χ3n) is 4.29. The van der Waals surface area contributed by atoms with Crippen molar-refractivity contribution in [3.05, 3.63) is 48.0 Å². The number of benzene rings is 2. The lowest BCUT2D eigenvalue weighted by molar-refractivity contribution is -0.146. The molecule has 1 aliphatic rings. The first kappa shape index (κ1) is 23.4. The number of rotatable bonds is 7. The van der Waals surface area contributed by atoms with Crippen LogP contribution in [0.1, 0.15) is 12.0 Å². The highest BCUT2D eigenvalue weighted by Gasteiger charge is 2.30. The fraction of sp³-hybridized carbons (Fsp3) is 0.300. The Morgan fingerprint density at radius 1 is 1.03 bits per heavy atom. The summed E-state index contributed by atoms with van der Waals surface area (Å²) in [7, 11) is -3.84. The number of carbonyl (C=O) groups excluding carboxylic acids is 2. The summed E-state index contributed by atoms with van der Waals surface area (Å²) in [4.78, 5) is 23.6. The topological polar surface area (TPSA) is 108 Å². The van der Waals surface area contributed by atoms with Gasteiger partial charge in [0.05, 0.1) is 22.6 Å². The monoisotopic (exact) mass is 473 g/mol. The summed E-state index contributed by atoms with van der Waals surface area (Å²) < 4.78 is 78.4. The van der Waals surface area contributed by atoms with Crippen LogP contribution in [-0.2, 0) is 30.3 Å². The molecule has 1 amide bonds. The number of alkyl halides is 3. The van der Waals surface area contributed by atoms with E-state index in [1.165, 1.54) is 24.3 Å². The van der Waals surface area contributed by atoms with Crippen LogP contribution in [0.5, 0.6) is 11.5 Å². The average Bonchev–Trinajstić information content (AvgIpc) is 2.75. The molecule has 2 aromatic rings. The first-order chi connectivity index (χ1) is 15.0. The van der Waals surface area contributed by atoms with Gasteiger partial charge in [0.15, 0.2) is 27.9 Å². The van der Waals surface area contributed by atoms with Gasteiger partial charge in [0.1, 0.15) is 13.2 Å². The van der Waals surface area contributed by atoms with E-state index >= 15 is 0 Å². The lowest BCUT2D eigenvalue weighted by Crippen LogP contribution is -2.22. The van der Waals surface area contributed by atoms with Crippen molar-refractivity contribution in [1.82, 2.24) is 0 Å². The molecule has 8 nitrogen and oxygen atoms in total. The van der Waals surface area contributed by atoms with Gasteiger partial charge >= 0.3 is 12.1 Å². The molecule has 0 atom stereocenters. The molecule has 3 rings (SSSR count). The Bertz CT molecular complexity index is 1120. The van der Waals surface area contributed by atoms with E-state index < -0.39 is 52.2 Å². The maximum Gasteiger partial charge on any atom is 0.416 e. The van der Waals surface area contributed by atoms with Crippen LogP contribution in [0.15, 0.2) is 47.4 Å². The Balaban J connectivity index is 1.49. The molecule has 0 unspecified atom stereocenters. The third kappa shape index (κ3) is 6.13. The number of anilines is 1. The van der Waals surface area contributed by atoms with Crippen molar-refractivity contribution < 1.29 is 45.4 Å². The van der Waals surface area contributed by atoms with Crippen molar-refractivity contribution in [2.45, 2.75) is 17.5 Å². The molecular formula is C20H18F3NO7S. The molecule has 0 radical (unpaired) electrons. The summed E-state index contributed by atoms with van der Waals surface area (Å²) in [5.41, 5.74) is -1.07. The van der Waals surface area contributed by atoms with Crippen LogP contribution < -0.4 is 14.8 Å². The van der Waals surface area contributed by atoms with Crippen LogP contribution in [0.25, 0.3) is 0 Å². The van der Waals surface area contributed by atoms with E-state index in [1.54, 1.807) is 0 Å². The Labute approximate surface area is 181 Å². The Kier molecular flexibility index (Phi) is 6.92. The molecule has 0 saturated heterocycles. The molecule has 0 spiro atoms. The summed E-state index contributed by atoms with van der Waals surface area (Å²) in [5.74, 6) is -1.69. The summed E-state index contributed by atoms with van der Waals surface area (Å²) in [5, 5.41) is 2.18. The van der Waals surface area contributed by atoms with Gasteiger partial charge in [-0.2, -0.15) is 13.2 Å². The van der Waals surface area contributed by atoms with Crippen molar-refractivity contribution in [2.24, 2.45) is 0 Å². The van der Waals surface area contributed by atoms with E-state index in [2.05, 4.69) is 5.32 Å². The fourth-order valence-corrected chi connectivity index (χ4v) is 3.97. The van der Waals surface area contributed by atoms with Crippen LogP contribution in [0.2, 0.25) is 0 Å². The molecule has 0 aromatic heterocycles. The zero-order chi connectivity index (χ0) is 23.4. The molecule has 12 heteroatoms. The molecule has 0 bridgehead atoms. The van der Waals surface area contributed by atoms with Crippen LogP contribution >= 0.6 is 0 Å². The number of carbonyl (C=O) groups is 2. The maximum absolute atomic E-state index is 12.7. The van der Waals surface area contributed by atoms with Gasteiger partial charge in [0, 0.05) is 11.8 Å². The van der Waals surface area contributed by atoms with Crippen LogP contribution in [0.4, 0.5) is 18.9 Å². The molecule has 0 fully saturated rings. The van der Waals surface area contributed by atoms with Gasteiger partial charge in [-0.3, -0.25) is 9.59 Å². The predicted octanol–water partition coefficient (Wildman–Crippen LogP) is 2.82. The van der Waals surface area contributed by atoms with Crippen molar-refractivity contribution in [3.63, 3.8) is 0 Å². The Morgan fingerprint density at radius 2 is 1.75 bits per heavy atom. The Hall–Kier alpha value is -3.28. The minimum atomic E-state index is -4.57. The maximum atomic E-state index is 12.7. The van der Waals surface area contributed by atoms with Gasteiger partial charge < -0.3 is 19.5 Å². The fourth-order valence-electron chi connectivity index (χ4n) is 2.74. The summed E-state index contributed by atoms with van der Waals surface area (Å²) in [6, 6.07) is 8.03. The number of amides is 1. The van der Waals surface area contributed by atoms with Crippen LogP contribution in [-0.4, -0.2) is 45.9 Å². The molecule has 2 aromatic carbocycles. The molecule has 1 aliphatic heterocycles. The summed E-state index contributed by atoms with van der Waals surface area (Å²) in [6.07, 6.45) is -5.09. The normalized spacial score (nSPS) is 13.3. The van der Waals surface area contributed by atoms with E-state index in [9.17, 15) is 31.2 Å². The molecule has 1 heterocycles. The minimum Gasteiger partial charge on any atom is -0.486 e. The van der Waals surface area contributed by atoms with Gasteiger partial charge in [-0.05, 0) is 30.3 Å².